The Morgan fingerprint density at radius 1 is 1.41 bits per heavy atom. The van der Waals surface area contributed by atoms with Crippen LogP contribution in [0, 0.1) is 5.82 Å². The molecule has 0 spiro atoms. The molecule has 0 aliphatic heterocycles. The van der Waals surface area contributed by atoms with Gasteiger partial charge in [0.2, 0.25) is 0 Å². The SMILES string of the molecule is CNC(c1cccc(F)c1Br)c1sccc1Cl. The lowest BCUT2D eigenvalue weighted by Gasteiger charge is -2.17. The first-order valence-corrected chi connectivity index (χ1v) is 7.04. The summed E-state index contributed by atoms with van der Waals surface area (Å²) in [7, 11) is 1.83. The van der Waals surface area contributed by atoms with Crippen LogP contribution in [0.5, 0.6) is 0 Å². The monoisotopic (exact) mass is 333 g/mol. The second kappa shape index (κ2) is 5.48. The number of rotatable bonds is 3. The summed E-state index contributed by atoms with van der Waals surface area (Å²) in [6.45, 7) is 0. The van der Waals surface area contributed by atoms with Gasteiger partial charge in [-0.2, -0.15) is 0 Å². The van der Waals surface area contributed by atoms with Crippen LogP contribution in [0.15, 0.2) is 34.1 Å². The summed E-state index contributed by atoms with van der Waals surface area (Å²) >= 11 is 10.9. The van der Waals surface area contributed by atoms with Crippen LogP contribution in [0.3, 0.4) is 0 Å². The molecule has 90 valence electrons. The molecular formula is C12H10BrClFNS. The lowest BCUT2D eigenvalue weighted by atomic mass is 10.1. The molecule has 1 unspecified atom stereocenters. The predicted molar refractivity (Wildman–Crippen MR) is 74.3 cm³/mol. The van der Waals surface area contributed by atoms with Crippen molar-refractivity contribution in [3.63, 3.8) is 0 Å². The van der Waals surface area contributed by atoms with Gasteiger partial charge in [-0.15, -0.1) is 11.3 Å². The molecule has 1 heterocycles. The third kappa shape index (κ3) is 2.55. The van der Waals surface area contributed by atoms with Crippen molar-refractivity contribution in [2.75, 3.05) is 7.05 Å². The fourth-order valence-electron chi connectivity index (χ4n) is 1.68. The highest BCUT2D eigenvalue weighted by molar-refractivity contribution is 9.10. The fourth-order valence-corrected chi connectivity index (χ4v) is 3.47. The van der Waals surface area contributed by atoms with Crippen molar-refractivity contribution in [1.29, 1.82) is 0 Å². The van der Waals surface area contributed by atoms with Crippen LogP contribution in [0.2, 0.25) is 5.02 Å². The Balaban J connectivity index is 2.50. The first-order chi connectivity index (χ1) is 8.15. The Labute approximate surface area is 117 Å². The highest BCUT2D eigenvalue weighted by Crippen LogP contribution is 2.36. The van der Waals surface area contributed by atoms with Crippen molar-refractivity contribution >= 4 is 38.9 Å². The van der Waals surface area contributed by atoms with E-state index < -0.39 is 0 Å². The van der Waals surface area contributed by atoms with E-state index in [0.717, 1.165) is 10.4 Å². The molecule has 0 bridgehead atoms. The molecule has 1 nitrogen and oxygen atoms in total. The zero-order valence-electron chi connectivity index (χ0n) is 9.01. The molecule has 0 fully saturated rings. The highest BCUT2D eigenvalue weighted by Gasteiger charge is 2.20. The second-order valence-electron chi connectivity index (χ2n) is 3.50. The first-order valence-electron chi connectivity index (χ1n) is 4.99. The van der Waals surface area contributed by atoms with E-state index >= 15 is 0 Å². The number of hydrogen-bond acceptors (Lipinski definition) is 2. The van der Waals surface area contributed by atoms with Gasteiger partial charge in [0.05, 0.1) is 15.5 Å². The van der Waals surface area contributed by atoms with Crippen molar-refractivity contribution in [2.24, 2.45) is 0 Å². The molecule has 0 radical (unpaired) electrons. The fraction of sp³-hybridized carbons (Fsp3) is 0.167. The Hall–Kier alpha value is -0.420. The van der Waals surface area contributed by atoms with Crippen LogP contribution in [0.25, 0.3) is 0 Å². The second-order valence-corrected chi connectivity index (χ2v) is 5.65. The number of benzene rings is 1. The van der Waals surface area contributed by atoms with Gasteiger partial charge < -0.3 is 5.32 Å². The maximum absolute atomic E-state index is 13.5. The van der Waals surface area contributed by atoms with E-state index in [1.807, 2.05) is 24.6 Å². The van der Waals surface area contributed by atoms with Crippen LogP contribution >= 0.6 is 38.9 Å². The maximum Gasteiger partial charge on any atom is 0.137 e. The lowest BCUT2D eigenvalue weighted by Crippen LogP contribution is -2.17. The maximum atomic E-state index is 13.5. The zero-order valence-corrected chi connectivity index (χ0v) is 12.2. The third-order valence-electron chi connectivity index (χ3n) is 2.49. The number of thiophene rings is 1. The number of nitrogens with one attached hydrogen (secondary N) is 1. The molecule has 0 amide bonds. The van der Waals surface area contributed by atoms with E-state index in [4.69, 9.17) is 11.6 Å². The van der Waals surface area contributed by atoms with Gasteiger partial charge in [0.15, 0.2) is 0 Å². The van der Waals surface area contributed by atoms with Gasteiger partial charge in [-0.25, -0.2) is 4.39 Å². The molecular weight excluding hydrogens is 325 g/mol. The molecule has 0 aliphatic carbocycles. The van der Waals surface area contributed by atoms with E-state index in [1.54, 1.807) is 17.4 Å². The van der Waals surface area contributed by atoms with Crippen molar-refractivity contribution in [3.8, 4) is 0 Å². The molecule has 5 heteroatoms. The van der Waals surface area contributed by atoms with Crippen LogP contribution in [-0.4, -0.2) is 7.05 Å². The molecule has 1 aromatic carbocycles. The molecule has 1 N–H and O–H groups in total. The van der Waals surface area contributed by atoms with Gasteiger partial charge in [-0.1, -0.05) is 23.7 Å². The van der Waals surface area contributed by atoms with Gasteiger partial charge in [0, 0.05) is 4.88 Å². The van der Waals surface area contributed by atoms with Gasteiger partial charge in [0.1, 0.15) is 5.82 Å². The zero-order chi connectivity index (χ0) is 12.4. The molecule has 0 aliphatic rings. The number of hydrogen-bond donors (Lipinski definition) is 1. The molecule has 17 heavy (non-hydrogen) atoms. The summed E-state index contributed by atoms with van der Waals surface area (Å²) in [4.78, 5) is 0.987. The molecule has 1 atom stereocenters. The van der Waals surface area contributed by atoms with E-state index in [9.17, 15) is 4.39 Å². The van der Waals surface area contributed by atoms with E-state index in [0.29, 0.717) is 9.50 Å². The van der Waals surface area contributed by atoms with Gasteiger partial charge in [-0.3, -0.25) is 0 Å². The average molecular weight is 335 g/mol. The minimum atomic E-state index is -0.268. The third-order valence-corrected chi connectivity index (χ3v) is 4.75. The summed E-state index contributed by atoms with van der Waals surface area (Å²) in [5.41, 5.74) is 0.844. The highest BCUT2D eigenvalue weighted by atomic mass is 79.9. The quantitative estimate of drug-likeness (QED) is 0.864. The van der Waals surface area contributed by atoms with Crippen LogP contribution in [0.4, 0.5) is 4.39 Å². The lowest BCUT2D eigenvalue weighted by molar-refractivity contribution is 0.609. The predicted octanol–water partition coefficient (Wildman–Crippen LogP) is 4.61. The van der Waals surface area contributed by atoms with Crippen molar-refractivity contribution in [3.05, 3.63) is 55.4 Å². The number of halogens is 3. The summed E-state index contributed by atoms with van der Waals surface area (Å²) < 4.78 is 14.0. The Morgan fingerprint density at radius 3 is 2.76 bits per heavy atom. The molecule has 2 aromatic rings. The molecule has 2 rings (SSSR count). The molecule has 0 saturated carbocycles. The topological polar surface area (TPSA) is 12.0 Å². The molecule has 1 aromatic heterocycles. The smallest absolute Gasteiger partial charge is 0.137 e. The van der Waals surface area contributed by atoms with E-state index in [1.165, 1.54) is 6.07 Å². The Bertz CT molecular complexity index is 529. The Kier molecular flexibility index (Phi) is 4.20. The van der Waals surface area contributed by atoms with Crippen LogP contribution in [0.1, 0.15) is 16.5 Å². The van der Waals surface area contributed by atoms with E-state index in [-0.39, 0.29) is 11.9 Å². The summed E-state index contributed by atoms with van der Waals surface area (Å²) in [6, 6.07) is 6.74. The largest absolute Gasteiger partial charge is 0.309 e. The van der Waals surface area contributed by atoms with Gasteiger partial charge in [-0.05, 0) is 46.1 Å². The Morgan fingerprint density at radius 2 is 2.18 bits per heavy atom. The average Bonchev–Trinajstić information content (AvgIpc) is 2.72. The van der Waals surface area contributed by atoms with Crippen LogP contribution in [-0.2, 0) is 0 Å². The van der Waals surface area contributed by atoms with Gasteiger partial charge >= 0.3 is 0 Å². The summed E-state index contributed by atoms with van der Waals surface area (Å²) in [5, 5.41) is 5.78. The normalized spacial score (nSPS) is 12.7. The van der Waals surface area contributed by atoms with Gasteiger partial charge in [0.25, 0.3) is 0 Å². The summed E-state index contributed by atoms with van der Waals surface area (Å²) in [6.07, 6.45) is 0. The van der Waals surface area contributed by atoms with Crippen molar-refractivity contribution in [1.82, 2.24) is 5.32 Å². The first kappa shape index (κ1) is 13.0. The van der Waals surface area contributed by atoms with Crippen molar-refractivity contribution in [2.45, 2.75) is 6.04 Å². The minimum Gasteiger partial charge on any atom is -0.309 e. The van der Waals surface area contributed by atoms with Crippen molar-refractivity contribution < 1.29 is 4.39 Å². The standard InChI is InChI=1S/C12H10BrClFNS/c1-16-11(12-8(14)5-6-17-12)7-3-2-4-9(15)10(7)13/h2-6,11,16H,1H3. The molecule has 0 saturated heterocycles. The van der Waals surface area contributed by atoms with Crippen LogP contribution < -0.4 is 5.32 Å². The van der Waals surface area contributed by atoms with E-state index in [2.05, 4.69) is 21.2 Å². The summed E-state index contributed by atoms with van der Waals surface area (Å²) in [5.74, 6) is -0.268. The minimum absolute atomic E-state index is 0.104.